The maximum atomic E-state index is 13.8. The number of unbranched alkanes of at least 4 members (excludes halogenated alkanes) is 1. The first-order valence-electron chi connectivity index (χ1n) is 12.7. The van der Waals surface area contributed by atoms with Gasteiger partial charge in [0.2, 0.25) is 0 Å². The fraction of sp³-hybridized carbons (Fsp3) is 0.400. The summed E-state index contributed by atoms with van der Waals surface area (Å²) in [4.78, 5) is 27.2. The lowest BCUT2D eigenvalue weighted by atomic mass is 9.71. The number of rotatable bonds is 9. The third-order valence-corrected chi connectivity index (χ3v) is 7.11. The third-order valence-electron chi connectivity index (χ3n) is 7.11. The molecule has 196 valence electrons. The molecule has 2 aliphatic rings. The van der Waals surface area contributed by atoms with Gasteiger partial charge in [-0.1, -0.05) is 37.6 Å². The van der Waals surface area contributed by atoms with E-state index in [-0.39, 0.29) is 11.7 Å². The Kier molecular flexibility index (Phi) is 8.21. The second-order valence-corrected chi connectivity index (χ2v) is 9.36. The molecule has 0 amide bonds. The lowest BCUT2D eigenvalue weighted by Crippen LogP contribution is -2.36. The molecule has 0 saturated heterocycles. The van der Waals surface area contributed by atoms with Crippen molar-refractivity contribution in [1.29, 1.82) is 0 Å². The van der Waals surface area contributed by atoms with E-state index >= 15 is 0 Å². The van der Waals surface area contributed by atoms with E-state index in [1.165, 1.54) is 0 Å². The Balaban J connectivity index is 1.77. The normalized spacial score (nSPS) is 19.2. The summed E-state index contributed by atoms with van der Waals surface area (Å²) in [6.07, 6.45) is 2.64. The highest BCUT2D eigenvalue weighted by molar-refractivity contribution is 6.04. The topological polar surface area (TPSA) is 83.1 Å². The van der Waals surface area contributed by atoms with Gasteiger partial charge in [-0.25, -0.2) is 4.79 Å². The zero-order valence-electron chi connectivity index (χ0n) is 22.2. The number of methoxy groups -OCH3 is 3. The predicted molar refractivity (Wildman–Crippen MR) is 141 cm³/mol. The smallest absolute Gasteiger partial charge is 0.336 e. The number of hydrogen-bond donors (Lipinski definition) is 1. The Morgan fingerprint density at radius 2 is 1.70 bits per heavy atom. The van der Waals surface area contributed by atoms with Gasteiger partial charge in [0.1, 0.15) is 5.75 Å². The van der Waals surface area contributed by atoms with Crippen molar-refractivity contribution in [3.05, 3.63) is 76.1 Å². The average Bonchev–Trinajstić information content (AvgIpc) is 2.91. The van der Waals surface area contributed by atoms with E-state index in [1.807, 2.05) is 56.3 Å². The van der Waals surface area contributed by atoms with Crippen LogP contribution in [-0.4, -0.2) is 39.7 Å². The van der Waals surface area contributed by atoms with E-state index in [9.17, 15) is 9.59 Å². The van der Waals surface area contributed by atoms with Crippen LogP contribution in [0.4, 0.5) is 0 Å². The molecule has 37 heavy (non-hydrogen) atoms. The van der Waals surface area contributed by atoms with Crippen molar-refractivity contribution in [1.82, 2.24) is 5.32 Å². The Morgan fingerprint density at radius 3 is 2.41 bits per heavy atom. The molecule has 2 atom stereocenters. The van der Waals surface area contributed by atoms with Crippen molar-refractivity contribution in [3.63, 3.8) is 0 Å². The Hall–Kier alpha value is -3.74. The second-order valence-electron chi connectivity index (χ2n) is 9.36. The number of hydrogen-bond acceptors (Lipinski definition) is 7. The predicted octanol–water partition coefficient (Wildman–Crippen LogP) is 5.42. The van der Waals surface area contributed by atoms with Crippen molar-refractivity contribution in [2.24, 2.45) is 0 Å². The number of nitrogens with one attached hydrogen (secondary N) is 1. The highest BCUT2D eigenvalue weighted by Gasteiger charge is 2.42. The van der Waals surface area contributed by atoms with Crippen LogP contribution in [0.5, 0.6) is 17.2 Å². The highest BCUT2D eigenvalue weighted by Crippen LogP contribution is 2.48. The monoisotopic (exact) mass is 505 g/mol. The molecule has 1 N–H and O–H groups in total. The SMILES string of the molecule is CCCCOC(=O)C1=C(C)NC2=C(C(=O)C[C@H](c3ccc(OC)c(OC)c3)C2)[C@@H]1c1ccccc1OC. The summed E-state index contributed by atoms with van der Waals surface area (Å²) in [5.41, 5.74) is 4.36. The van der Waals surface area contributed by atoms with Crippen LogP contribution in [0.2, 0.25) is 0 Å². The highest BCUT2D eigenvalue weighted by atomic mass is 16.5. The molecule has 7 heteroatoms. The van der Waals surface area contributed by atoms with Crippen LogP contribution in [0.25, 0.3) is 0 Å². The standard InChI is InChI=1S/C30H35NO6/c1-6-7-14-37-30(33)27-18(2)31-22-15-20(19-12-13-25(35-4)26(17-19)36-5)16-23(32)29(22)28(27)21-10-8-9-11-24(21)34-3/h8-13,17,20,28,31H,6-7,14-16H2,1-5H3/t20-,28-/m1/s1. The molecule has 1 aliphatic heterocycles. The molecule has 1 heterocycles. The number of dihydropyridines is 1. The maximum absolute atomic E-state index is 13.8. The molecule has 7 nitrogen and oxygen atoms in total. The van der Waals surface area contributed by atoms with Gasteiger partial charge in [0.05, 0.1) is 39.4 Å². The van der Waals surface area contributed by atoms with Crippen LogP contribution in [-0.2, 0) is 14.3 Å². The number of ether oxygens (including phenoxy) is 4. The summed E-state index contributed by atoms with van der Waals surface area (Å²) >= 11 is 0. The first kappa shape index (κ1) is 26.3. The van der Waals surface area contributed by atoms with Gasteiger partial charge in [-0.3, -0.25) is 4.79 Å². The van der Waals surface area contributed by atoms with Crippen LogP contribution < -0.4 is 19.5 Å². The number of para-hydroxylation sites is 1. The average molecular weight is 506 g/mol. The summed E-state index contributed by atoms with van der Waals surface area (Å²) in [5.74, 6) is 0.881. The van der Waals surface area contributed by atoms with Gasteiger partial charge < -0.3 is 24.3 Å². The number of benzene rings is 2. The first-order chi connectivity index (χ1) is 17.9. The van der Waals surface area contributed by atoms with Crippen molar-refractivity contribution in [2.45, 2.75) is 51.4 Å². The molecule has 0 bridgehead atoms. The van der Waals surface area contributed by atoms with Crippen molar-refractivity contribution < 1.29 is 28.5 Å². The number of Topliss-reactive ketones (excluding diaryl/α,β-unsaturated/α-hetero) is 1. The van der Waals surface area contributed by atoms with Gasteiger partial charge >= 0.3 is 5.97 Å². The summed E-state index contributed by atoms with van der Waals surface area (Å²) in [6, 6.07) is 13.3. The molecule has 0 unspecified atom stereocenters. The molecule has 1 aliphatic carbocycles. The zero-order chi connectivity index (χ0) is 26.5. The van der Waals surface area contributed by atoms with Crippen molar-refractivity contribution in [2.75, 3.05) is 27.9 Å². The van der Waals surface area contributed by atoms with Gasteiger partial charge in [0.15, 0.2) is 17.3 Å². The molecule has 0 fully saturated rings. The Labute approximate surface area is 218 Å². The number of allylic oxidation sites excluding steroid dienone is 3. The third kappa shape index (κ3) is 5.22. The molecule has 4 rings (SSSR count). The number of esters is 1. The summed E-state index contributed by atoms with van der Waals surface area (Å²) in [7, 11) is 4.80. The van der Waals surface area contributed by atoms with Crippen LogP contribution in [0.1, 0.15) is 62.5 Å². The molecule has 0 radical (unpaired) electrons. The van der Waals surface area contributed by atoms with Gasteiger partial charge in [-0.15, -0.1) is 0 Å². The quantitative estimate of drug-likeness (QED) is 0.360. The van der Waals surface area contributed by atoms with Gasteiger partial charge in [-0.2, -0.15) is 0 Å². The second kappa shape index (κ2) is 11.5. The van der Waals surface area contributed by atoms with E-state index in [2.05, 4.69) is 5.32 Å². The number of ketones is 1. The minimum absolute atomic E-state index is 0.00389. The van der Waals surface area contributed by atoms with Gasteiger partial charge in [0, 0.05) is 29.0 Å². The van der Waals surface area contributed by atoms with Crippen LogP contribution in [0.3, 0.4) is 0 Å². The minimum atomic E-state index is -0.569. The van der Waals surface area contributed by atoms with Crippen LogP contribution in [0.15, 0.2) is 65.0 Å². The van der Waals surface area contributed by atoms with Crippen LogP contribution >= 0.6 is 0 Å². The molecular weight excluding hydrogens is 470 g/mol. The largest absolute Gasteiger partial charge is 0.496 e. The van der Waals surface area contributed by atoms with E-state index in [4.69, 9.17) is 18.9 Å². The molecule has 2 aromatic carbocycles. The summed E-state index contributed by atoms with van der Waals surface area (Å²) in [6.45, 7) is 4.25. The van der Waals surface area contributed by atoms with Crippen molar-refractivity contribution >= 4 is 11.8 Å². The van der Waals surface area contributed by atoms with E-state index in [0.29, 0.717) is 53.5 Å². The number of carbonyl (C=O) groups is 2. The molecule has 0 aromatic heterocycles. The molecule has 2 aromatic rings. The first-order valence-corrected chi connectivity index (χ1v) is 12.7. The van der Waals surface area contributed by atoms with Gasteiger partial charge in [0.25, 0.3) is 0 Å². The fourth-order valence-corrected chi connectivity index (χ4v) is 5.25. The van der Waals surface area contributed by atoms with E-state index in [1.54, 1.807) is 21.3 Å². The fourth-order valence-electron chi connectivity index (χ4n) is 5.25. The lowest BCUT2D eigenvalue weighted by Gasteiger charge is -2.37. The zero-order valence-corrected chi connectivity index (χ0v) is 22.2. The Bertz CT molecular complexity index is 1240. The molecular formula is C30H35NO6. The summed E-state index contributed by atoms with van der Waals surface area (Å²) < 4.78 is 22.2. The molecule has 0 spiro atoms. The lowest BCUT2D eigenvalue weighted by molar-refractivity contribution is -0.139. The van der Waals surface area contributed by atoms with E-state index < -0.39 is 11.9 Å². The number of carbonyl (C=O) groups excluding carboxylic acids is 2. The Morgan fingerprint density at radius 1 is 0.973 bits per heavy atom. The minimum Gasteiger partial charge on any atom is -0.496 e. The maximum Gasteiger partial charge on any atom is 0.336 e. The van der Waals surface area contributed by atoms with Crippen molar-refractivity contribution in [3.8, 4) is 17.2 Å². The summed E-state index contributed by atoms with van der Waals surface area (Å²) in [5, 5.41) is 3.40. The van der Waals surface area contributed by atoms with Crippen LogP contribution in [0, 0.1) is 0 Å². The van der Waals surface area contributed by atoms with E-state index in [0.717, 1.165) is 29.7 Å². The van der Waals surface area contributed by atoms with Gasteiger partial charge in [-0.05, 0) is 49.4 Å². The molecule has 0 saturated carbocycles.